The molecule has 0 atom stereocenters. The molecular formula is C20H32N2O2. The lowest BCUT2D eigenvalue weighted by Crippen LogP contribution is -2.36. The number of nitrogens with one attached hydrogen (secondary N) is 2. The van der Waals surface area contributed by atoms with Gasteiger partial charge in [0.25, 0.3) is 0 Å². The molecule has 0 bridgehead atoms. The van der Waals surface area contributed by atoms with E-state index in [-0.39, 0.29) is 22.6 Å². The minimum Gasteiger partial charge on any atom is -0.352 e. The Kier molecular flexibility index (Phi) is 7.00. The summed E-state index contributed by atoms with van der Waals surface area (Å²) in [5.41, 5.74) is 1.40. The Hall–Kier alpha value is -1.84. The van der Waals surface area contributed by atoms with Gasteiger partial charge in [-0.3, -0.25) is 9.59 Å². The van der Waals surface area contributed by atoms with Crippen LogP contribution in [0.1, 0.15) is 65.5 Å². The van der Waals surface area contributed by atoms with Gasteiger partial charge < -0.3 is 10.6 Å². The fourth-order valence-corrected chi connectivity index (χ4v) is 2.38. The maximum Gasteiger partial charge on any atom is 0.225 e. The fourth-order valence-electron chi connectivity index (χ4n) is 2.38. The van der Waals surface area contributed by atoms with E-state index in [1.807, 2.05) is 58.9 Å². The van der Waals surface area contributed by atoms with Crippen LogP contribution in [0, 0.1) is 10.8 Å². The summed E-state index contributed by atoms with van der Waals surface area (Å²) in [6.45, 7) is 12.8. The van der Waals surface area contributed by atoms with Crippen LogP contribution in [-0.2, 0) is 22.7 Å². The fraction of sp³-hybridized carbons (Fsp3) is 0.600. The highest BCUT2D eigenvalue weighted by molar-refractivity contribution is 5.82. The second-order valence-electron chi connectivity index (χ2n) is 8.07. The number of rotatable bonds is 7. The molecule has 24 heavy (non-hydrogen) atoms. The van der Waals surface area contributed by atoms with E-state index >= 15 is 0 Å². The van der Waals surface area contributed by atoms with Crippen LogP contribution in [-0.4, -0.2) is 11.8 Å². The van der Waals surface area contributed by atoms with Gasteiger partial charge in [0.1, 0.15) is 0 Å². The zero-order valence-corrected chi connectivity index (χ0v) is 16.0. The predicted molar refractivity (Wildman–Crippen MR) is 98.3 cm³/mol. The molecule has 4 nitrogen and oxygen atoms in total. The lowest BCUT2D eigenvalue weighted by atomic mass is 9.87. The SMILES string of the molecule is CCCC(C)(C)C(=O)NCc1ccc(CNC(=O)C(C)(C)C)cc1. The largest absolute Gasteiger partial charge is 0.352 e. The Morgan fingerprint density at radius 1 is 0.833 bits per heavy atom. The molecule has 0 heterocycles. The van der Waals surface area contributed by atoms with Crippen molar-refractivity contribution in [2.45, 2.75) is 67.5 Å². The molecule has 1 rings (SSSR count). The minimum absolute atomic E-state index is 0.0389. The summed E-state index contributed by atoms with van der Waals surface area (Å²) < 4.78 is 0. The maximum atomic E-state index is 12.2. The average molecular weight is 332 g/mol. The Bertz CT molecular complexity index is 554. The molecule has 0 aliphatic rings. The first kappa shape index (κ1) is 20.2. The van der Waals surface area contributed by atoms with E-state index in [4.69, 9.17) is 0 Å². The number of amides is 2. The summed E-state index contributed by atoms with van der Waals surface area (Å²) in [5.74, 6) is 0.128. The molecule has 2 N–H and O–H groups in total. The summed E-state index contributed by atoms with van der Waals surface area (Å²) in [6, 6.07) is 7.96. The van der Waals surface area contributed by atoms with Gasteiger partial charge in [0.15, 0.2) is 0 Å². The number of carbonyl (C=O) groups is 2. The van der Waals surface area contributed by atoms with Crippen LogP contribution in [0.2, 0.25) is 0 Å². The summed E-state index contributed by atoms with van der Waals surface area (Å²) in [7, 11) is 0. The van der Waals surface area contributed by atoms with Crippen LogP contribution in [0.4, 0.5) is 0 Å². The first-order chi connectivity index (χ1) is 11.1. The Labute approximate surface area is 146 Å². The van der Waals surface area contributed by atoms with E-state index in [9.17, 15) is 9.59 Å². The van der Waals surface area contributed by atoms with Gasteiger partial charge in [0.2, 0.25) is 11.8 Å². The molecule has 0 saturated heterocycles. The topological polar surface area (TPSA) is 58.2 Å². The summed E-state index contributed by atoms with van der Waals surface area (Å²) in [5, 5.41) is 5.94. The third-order valence-electron chi connectivity index (χ3n) is 4.10. The van der Waals surface area contributed by atoms with E-state index < -0.39 is 0 Å². The monoisotopic (exact) mass is 332 g/mol. The minimum atomic E-state index is -0.379. The molecule has 1 aromatic carbocycles. The second kappa shape index (κ2) is 8.32. The molecular weight excluding hydrogens is 300 g/mol. The predicted octanol–water partition coefficient (Wildman–Crippen LogP) is 3.79. The maximum absolute atomic E-state index is 12.2. The molecule has 0 spiro atoms. The van der Waals surface area contributed by atoms with Crippen molar-refractivity contribution < 1.29 is 9.59 Å². The molecule has 134 valence electrons. The zero-order valence-electron chi connectivity index (χ0n) is 16.0. The summed E-state index contributed by atoms with van der Waals surface area (Å²) in [4.78, 5) is 24.1. The van der Waals surface area contributed by atoms with Gasteiger partial charge in [0.05, 0.1) is 0 Å². The van der Waals surface area contributed by atoms with Crippen molar-refractivity contribution in [2.24, 2.45) is 10.8 Å². The normalized spacial score (nSPS) is 11.9. The van der Waals surface area contributed by atoms with Crippen LogP contribution >= 0.6 is 0 Å². The van der Waals surface area contributed by atoms with Gasteiger partial charge in [0, 0.05) is 23.9 Å². The van der Waals surface area contributed by atoms with Gasteiger partial charge in [-0.2, -0.15) is 0 Å². The molecule has 0 fully saturated rings. The van der Waals surface area contributed by atoms with Crippen molar-refractivity contribution in [1.82, 2.24) is 10.6 Å². The van der Waals surface area contributed by atoms with Crippen molar-refractivity contribution in [1.29, 1.82) is 0 Å². The highest BCUT2D eigenvalue weighted by atomic mass is 16.2. The molecule has 4 heteroatoms. The van der Waals surface area contributed by atoms with Crippen LogP contribution < -0.4 is 10.6 Å². The summed E-state index contributed by atoms with van der Waals surface area (Å²) in [6.07, 6.45) is 1.88. The number of carbonyl (C=O) groups excluding carboxylic acids is 2. The van der Waals surface area contributed by atoms with Gasteiger partial charge >= 0.3 is 0 Å². The van der Waals surface area contributed by atoms with Crippen LogP contribution in [0.25, 0.3) is 0 Å². The van der Waals surface area contributed by atoms with E-state index in [2.05, 4.69) is 17.6 Å². The van der Waals surface area contributed by atoms with E-state index in [0.29, 0.717) is 13.1 Å². The van der Waals surface area contributed by atoms with Gasteiger partial charge in [-0.1, -0.05) is 72.2 Å². The van der Waals surface area contributed by atoms with Crippen LogP contribution in [0.15, 0.2) is 24.3 Å². The molecule has 0 radical (unpaired) electrons. The zero-order chi connectivity index (χ0) is 18.4. The Morgan fingerprint density at radius 3 is 1.62 bits per heavy atom. The molecule has 0 aromatic heterocycles. The van der Waals surface area contributed by atoms with E-state index in [1.165, 1.54) is 0 Å². The van der Waals surface area contributed by atoms with Crippen LogP contribution in [0.3, 0.4) is 0 Å². The molecule has 0 aliphatic carbocycles. The van der Waals surface area contributed by atoms with E-state index in [1.54, 1.807) is 0 Å². The van der Waals surface area contributed by atoms with Crippen LogP contribution in [0.5, 0.6) is 0 Å². The first-order valence-corrected chi connectivity index (χ1v) is 8.70. The molecule has 0 aliphatic heterocycles. The average Bonchev–Trinajstić information content (AvgIpc) is 2.50. The highest BCUT2D eigenvalue weighted by Crippen LogP contribution is 2.22. The molecule has 0 saturated carbocycles. The van der Waals surface area contributed by atoms with Crippen molar-refractivity contribution in [3.8, 4) is 0 Å². The molecule has 0 unspecified atom stereocenters. The number of hydrogen-bond donors (Lipinski definition) is 2. The van der Waals surface area contributed by atoms with E-state index in [0.717, 1.165) is 24.0 Å². The third-order valence-corrected chi connectivity index (χ3v) is 4.10. The van der Waals surface area contributed by atoms with Crippen molar-refractivity contribution in [3.63, 3.8) is 0 Å². The second-order valence-corrected chi connectivity index (χ2v) is 8.07. The smallest absolute Gasteiger partial charge is 0.225 e. The number of benzene rings is 1. The van der Waals surface area contributed by atoms with Gasteiger partial charge in [-0.25, -0.2) is 0 Å². The first-order valence-electron chi connectivity index (χ1n) is 8.70. The lowest BCUT2D eigenvalue weighted by molar-refractivity contribution is -0.130. The number of hydrogen-bond acceptors (Lipinski definition) is 2. The van der Waals surface area contributed by atoms with Crippen molar-refractivity contribution in [2.75, 3.05) is 0 Å². The molecule has 1 aromatic rings. The van der Waals surface area contributed by atoms with Crippen molar-refractivity contribution in [3.05, 3.63) is 35.4 Å². The van der Waals surface area contributed by atoms with Gasteiger partial charge in [-0.05, 0) is 17.5 Å². The lowest BCUT2D eigenvalue weighted by Gasteiger charge is -2.22. The third kappa shape index (κ3) is 6.34. The van der Waals surface area contributed by atoms with Crippen molar-refractivity contribution >= 4 is 11.8 Å². The quantitative estimate of drug-likeness (QED) is 0.798. The van der Waals surface area contributed by atoms with Gasteiger partial charge in [-0.15, -0.1) is 0 Å². The molecule has 2 amide bonds. The summed E-state index contributed by atoms with van der Waals surface area (Å²) >= 11 is 0. The highest BCUT2D eigenvalue weighted by Gasteiger charge is 2.25. The Morgan fingerprint density at radius 2 is 1.25 bits per heavy atom. The Balaban J connectivity index is 2.51. The standard InChI is InChI=1S/C20H32N2O2/c1-7-12-20(5,6)18(24)22-14-16-10-8-15(9-11-16)13-21-17(23)19(2,3)4/h8-11H,7,12-14H2,1-6H3,(H,21,23)(H,22,24).